The predicted octanol–water partition coefficient (Wildman–Crippen LogP) is 3.70. The van der Waals surface area contributed by atoms with E-state index in [0.717, 1.165) is 15.9 Å². The minimum atomic E-state index is -0.414. The normalized spacial score (nSPS) is 15.6. The van der Waals surface area contributed by atoms with Gasteiger partial charge in [0.25, 0.3) is 11.8 Å². The van der Waals surface area contributed by atoms with Gasteiger partial charge in [-0.25, -0.2) is 5.01 Å². The summed E-state index contributed by atoms with van der Waals surface area (Å²) >= 11 is 3.42. The topological polar surface area (TPSA) is 54.3 Å². The Morgan fingerprint density at radius 3 is 2.31 bits per heavy atom. The van der Waals surface area contributed by atoms with E-state index in [1.165, 1.54) is 5.01 Å². The molecule has 1 N–H and O–H groups in total. The summed E-state index contributed by atoms with van der Waals surface area (Å²) < 4.78 is 2.91. The molecular formula is C20H14BrN3O2. The number of rotatable bonds is 3. The number of nitrogens with one attached hydrogen (secondary N) is 1. The van der Waals surface area contributed by atoms with E-state index in [0.29, 0.717) is 5.69 Å². The number of halogens is 1. The average molecular weight is 408 g/mol. The van der Waals surface area contributed by atoms with Crippen LogP contribution in [0.5, 0.6) is 0 Å². The molecule has 3 aromatic rings. The van der Waals surface area contributed by atoms with E-state index in [1.54, 1.807) is 18.2 Å². The fourth-order valence-electron chi connectivity index (χ4n) is 2.81. The van der Waals surface area contributed by atoms with Gasteiger partial charge in [-0.3, -0.25) is 15.0 Å². The van der Waals surface area contributed by atoms with E-state index in [1.807, 2.05) is 65.4 Å². The maximum Gasteiger partial charge on any atom is 0.282 e. The summed E-state index contributed by atoms with van der Waals surface area (Å²) in [7, 11) is 0. The van der Waals surface area contributed by atoms with E-state index in [4.69, 9.17) is 0 Å². The molecule has 0 aliphatic carbocycles. The largest absolute Gasteiger partial charge is 0.317 e. The van der Waals surface area contributed by atoms with Crippen molar-refractivity contribution < 1.29 is 9.59 Å². The Morgan fingerprint density at radius 1 is 0.846 bits per heavy atom. The summed E-state index contributed by atoms with van der Waals surface area (Å²) in [4.78, 5) is 25.0. The second kappa shape index (κ2) is 6.65. The number of carbonyl (C=O) groups is 2. The number of anilines is 1. The molecule has 2 heterocycles. The molecule has 0 saturated carbocycles. The highest BCUT2D eigenvalue weighted by atomic mass is 79.9. The van der Waals surface area contributed by atoms with Crippen molar-refractivity contribution in [1.29, 1.82) is 0 Å². The van der Waals surface area contributed by atoms with Crippen LogP contribution < -0.4 is 10.4 Å². The summed E-state index contributed by atoms with van der Waals surface area (Å²) in [6, 6.07) is 20.6. The Labute approximate surface area is 158 Å². The molecule has 1 saturated heterocycles. The van der Waals surface area contributed by atoms with Crippen molar-refractivity contribution >= 4 is 39.5 Å². The fourth-order valence-corrected chi connectivity index (χ4v) is 3.08. The van der Waals surface area contributed by atoms with Gasteiger partial charge in [0.2, 0.25) is 0 Å². The van der Waals surface area contributed by atoms with Crippen molar-refractivity contribution in [2.45, 2.75) is 0 Å². The third-order valence-electron chi connectivity index (χ3n) is 4.08. The van der Waals surface area contributed by atoms with Gasteiger partial charge in [0.05, 0.1) is 5.69 Å². The Kier molecular flexibility index (Phi) is 4.18. The first-order valence-electron chi connectivity index (χ1n) is 7.99. The summed E-state index contributed by atoms with van der Waals surface area (Å²) in [6.45, 7) is 0. The minimum absolute atomic E-state index is 0.103. The number of para-hydroxylation sites is 1. The zero-order chi connectivity index (χ0) is 18.1. The van der Waals surface area contributed by atoms with Gasteiger partial charge in [-0.1, -0.05) is 34.1 Å². The van der Waals surface area contributed by atoms with Crippen LogP contribution >= 0.6 is 15.9 Å². The standard InChI is InChI=1S/C20H14BrN3O2/c21-14-8-10-15(11-9-14)23-12-4-7-17(23)13-18-19(25)22-24(20(18)26)16-5-2-1-3-6-16/h1-13H,(H,22,25)/b18-13-. The lowest BCUT2D eigenvalue weighted by atomic mass is 10.2. The molecule has 5 nitrogen and oxygen atoms in total. The Hall–Kier alpha value is -3.12. The predicted molar refractivity (Wildman–Crippen MR) is 104 cm³/mol. The molecule has 1 aliphatic rings. The van der Waals surface area contributed by atoms with Crippen LogP contribution in [0.1, 0.15) is 5.69 Å². The molecule has 4 rings (SSSR count). The quantitative estimate of drug-likeness (QED) is 0.531. The number of hydrogen-bond donors (Lipinski definition) is 1. The van der Waals surface area contributed by atoms with Gasteiger partial charge in [-0.2, -0.15) is 0 Å². The zero-order valence-corrected chi connectivity index (χ0v) is 15.2. The van der Waals surface area contributed by atoms with Gasteiger partial charge in [0.15, 0.2) is 0 Å². The van der Waals surface area contributed by atoms with E-state index in [9.17, 15) is 9.59 Å². The van der Waals surface area contributed by atoms with Crippen LogP contribution in [0.15, 0.2) is 83.0 Å². The molecule has 128 valence electrons. The summed E-state index contributed by atoms with van der Waals surface area (Å²) in [5.74, 6) is -0.785. The van der Waals surface area contributed by atoms with Crippen LogP contribution in [-0.4, -0.2) is 16.4 Å². The fraction of sp³-hybridized carbons (Fsp3) is 0. The van der Waals surface area contributed by atoms with Crippen molar-refractivity contribution in [2.75, 3.05) is 5.01 Å². The first-order chi connectivity index (χ1) is 12.6. The molecule has 2 aromatic carbocycles. The number of aromatic nitrogens is 1. The molecule has 6 heteroatoms. The number of hydrazine groups is 1. The highest BCUT2D eigenvalue weighted by Gasteiger charge is 2.34. The van der Waals surface area contributed by atoms with E-state index in [2.05, 4.69) is 21.4 Å². The third kappa shape index (κ3) is 2.95. The van der Waals surface area contributed by atoms with Gasteiger partial charge < -0.3 is 4.57 Å². The lowest BCUT2D eigenvalue weighted by Gasteiger charge is -2.13. The van der Waals surface area contributed by atoms with Gasteiger partial charge in [-0.05, 0) is 54.6 Å². The SMILES string of the molecule is O=C1NN(c2ccccc2)C(=O)/C1=C\c1cccn1-c1ccc(Br)cc1. The second-order valence-electron chi connectivity index (χ2n) is 5.75. The first-order valence-corrected chi connectivity index (χ1v) is 8.78. The second-order valence-corrected chi connectivity index (χ2v) is 6.67. The van der Waals surface area contributed by atoms with Crippen LogP contribution in [0.25, 0.3) is 11.8 Å². The van der Waals surface area contributed by atoms with Gasteiger partial charge in [-0.15, -0.1) is 0 Å². The van der Waals surface area contributed by atoms with Crippen LogP contribution in [-0.2, 0) is 9.59 Å². The molecule has 0 spiro atoms. The zero-order valence-electron chi connectivity index (χ0n) is 13.6. The van der Waals surface area contributed by atoms with E-state index in [-0.39, 0.29) is 11.5 Å². The molecule has 1 aromatic heterocycles. The molecular weight excluding hydrogens is 394 g/mol. The average Bonchev–Trinajstić information content (AvgIpc) is 3.23. The lowest BCUT2D eigenvalue weighted by molar-refractivity contribution is -0.117. The molecule has 0 atom stereocenters. The number of amides is 2. The summed E-state index contributed by atoms with van der Waals surface area (Å²) in [5.41, 5.74) is 5.03. The van der Waals surface area contributed by atoms with Crippen molar-refractivity contribution in [1.82, 2.24) is 9.99 Å². The van der Waals surface area contributed by atoms with Crippen LogP contribution in [0.3, 0.4) is 0 Å². The highest BCUT2D eigenvalue weighted by molar-refractivity contribution is 9.10. The Balaban J connectivity index is 1.69. The lowest BCUT2D eigenvalue weighted by Crippen LogP contribution is -2.35. The van der Waals surface area contributed by atoms with E-state index < -0.39 is 5.91 Å². The molecule has 0 bridgehead atoms. The summed E-state index contributed by atoms with van der Waals surface area (Å²) in [5, 5.41) is 1.26. The Bertz CT molecular complexity index is 1010. The van der Waals surface area contributed by atoms with Crippen molar-refractivity contribution in [3.63, 3.8) is 0 Å². The smallest absolute Gasteiger partial charge is 0.282 e. The van der Waals surface area contributed by atoms with Crippen molar-refractivity contribution in [3.8, 4) is 5.69 Å². The molecule has 1 aliphatic heterocycles. The van der Waals surface area contributed by atoms with Crippen LogP contribution in [0.2, 0.25) is 0 Å². The minimum Gasteiger partial charge on any atom is -0.317 e. The first kappa shape index (κ1) is 16.4. The molecule has 0 unspecified atom stereocenters. The summed E-state index contributed by atoms with van der Waals surface area (Å²) in [6.07, 6.45) is 3.50. The monoisotopic (exact) mass is 407 g/mol. The van der Waals surface area contributed by atoms with Gasteiger partial charge >= 0.3 is 0 Å². The molecule has 26 heavy (non-hydrogen) atoms. The van der Waals surface area contributed by atoms with Gasteiger partial charge in [0.1, 0.15) is 5.57 Å². The Morgan fingerprint density at radius 2 is 1.58 bits per heavy atom. The maximum atomic E-state index is 12.7. The highest BCUT2D eigenvalue weighted by Crippen LogP contribution is 2.23. The van der Waals surface area contributed by atoms with E-state index >= 15 is 0 Å². The maximum absolute atomic E-state index is 12.7. The van der Waals surface area contributed by atoms with Crippen molar-refractivity contribution in [2.24, 2.45) is 0 Å². The number of benzene rings is 2. The molecule has 2 amide bonds. The van der Waals surface area contributed by atoms with Gasteiger partial charge in [0, 0.05) is 22.1 Å². The number of carbonyl (C=O) groups excluding carboxylic acids is 2. The third-order valence-corrected chi connectivity index (χ3v) is 4.61. The molecule has 1 fully saturated rings. The number of hydrogen-bond acceptors (Lipinski definition) is 2. The molecule has 0 radical (unpaired) electrons. The van der Waals surface area contributed by atoms with Crippen molar-refractivity contribution in [3.05, 3.63) is 88.7 Å². The van der Waals surface area contributed by atoms with Crippen LogP contribution in [0, 0.1) is 0 Å². The number of nitrogens with zero attached hydrogens (tertiary/aromatic N) is 2. The van der Waals surface area contributed by atoms with Crippen LogP contribution in [0.4, 0.5) is 5.69 Å².